The van der Waals surface area contributed by atoms with E-state index in [4.69, 9.17) is 16.0 Å². The molecule has 4 atom stereocenters. The molecule has 1 aromatic heterocycles. The summed E-state index contributed by atoms with van der Waals surface area (Å²) in [5.74, 6) is 1.40. The third-order valence-electron chi connectivity index (χ3n) is 9.66. The molecular formula is C29H35ClN2O3. The van der Waals surface area contributed by atoms with Crippen molar-refractivity contribution in [2.45, 2.75) is 82.8 Å². The highest BCUT2D eigenvalue weighted by Crippen LogP contribution is 2.46. The molecule has 3 saturated heterocycles. The maximum Gasteiger partial charge on any atom is 0.339 e. The Labute approximate surface area is 211 Å². The minimum Gasteiger partial charge on any atom is -0.506 e. The van der Waals surface area contributed by atoms with Crippen molar-refractivity contribution >= 4 is 22.6 Å². The van der Waals surface area contributed by atoms with Crippen LogP contribution in [-0.2, 0) is 19.4 Å². The molecule has 5 aliphatic rings. The lowest BCUT2D eigenvalue weighted by atomic mass is 9.68. The zero-order chi connectivity index (χ0) is 23.7. The molecule has 1 aromatic carbocycles. The van der Waals surface area contributed by atoms with E-state index in [0.717, 1.165) is 61.2 Å². The van der Waals surface area contributed by atoms with E-state index in [0.29, 0.717) is 40.6 Å². The first-order valence-corrected chi connectivity index (χ1v) is 14.1. The standard InChI is InChI=1S/C29H35ClN2O3/c30-24-14-22-20-7-1-2-8-21(20)29(34)35-28(22)23(27(24)33)16-32-11-5-6-17-12-18-13-19(26(17)32)15-31-10-4-3-9-25(18)31/h12,14,18-19,25-26,33H,1-11,13,15-16H2/t18-,19+,25+,26+/m0/s1. The molecule has 5 nitrogen and oxygen atoms in total. The van der Waals surface area contributed by atoms with Gasteiger partial charge in [-0.05, 0) is 94.3 Å². The highest BCUT2D eigenvalue weighted by molar-refractivity contribution is 6.33. The quantitative estimate of drug-likeness (QED) is 0.446. The molecule has 35 heavy (non-hydrogen) atoms. The molecule has 7 rings (SSSR count). The number of halogens is 1. The summed E-state index contributed by atoms with van der Waals surface area (Å²) < 4.78 is 5.93. The average Bonchev–Trinajstić information content (AvgIpc) is 2.88. The van der Waals surface area contributed by atoms with Crippen molar-refractivity contribution in [3.8, 4) is 5.75 Å². The summed E-state index contributed by atoms with van der Waals surface area (Å²) in [7, 11) is 0. The number of nitrogens with zero attached hydrogens (tertiary/aromatic N) is 2. The van der Waals surface area contributed by atoms with Crippen LogP contribution in [0.25, 0.3) is 11.0 Å². The van der Waals surface area contributed by atoms with Gasteiger partial charge in [-0.15, -0.1) is 0 Å². The van der Waals surface area contributed by atoms with Crippen molar-refractivity contribution in [3.05, 3.63) is 49.8 Å². The number of phenolic OH excluding ortho intramolecular Hbond substituents is 1. The summed E-state index contributed by atoms with van der Waals surface area (Å²) >= 11 is 6.58. The predicted octanol–water partition coefficient (Wildman–Crippen LogP) is 5.43. The van der Waals surface area contributed by atoms with Crippen LogP contribution in [0, 0.1) is 11.8 Å². The highest BCUT2D eigenvalue weighted by atomic mass is 35.5. The van der Waals surface area contributed by atoms with Crippen LogP contribution in [0.15, 0.2) is 26.9 Å². The Hall–Kier alpha value is -1.82. The van der Waals surface area contributed by atoms with Crippen LogP contribution in [0.4, 0.5) is 0 Å². The molecule has 3 aliphatic heterocycles. The SMILES string of the molecule is O=c1oc2c(CN3CCCC4=C[C@H]5C[C@H](CN6CCCC[C@H]56)[C@@H]43)c(O)c(Cl)cc2c2c1CCCC2. The van der Waals surface area contributed by atoms with E-state index in [1.807, 2.05) is 6.07 Å². The molecule has 0 saturated carbocycles. The minimum absolute atomic E-state index is 0.0719. The lowest BCUT2D eigenvalue weighted by Gasteiger charge is -2.54. The molecule has 0 spiro atoms. The lowest BCUT2D eigenvalue weighted by Crippen LogP contribution is -2.59. The third-order valence-corrected chi connectivity index (χ3v) is 9.95. The summed E-state index contributed by atoms with van der Waals surface area (Å²) in [5, 5.41) is 12.4. The summed E-state index contributed by atoms with van der Waals surface area (Å²) in [6, 6.07) is 2.96. The van der Waals surface area contributed by atoms with Gasteiger partial charge in [0, 0.05) is 36.1 Å². The number of rotatable bonds is 2. The summed E-state index contributed by atoms with van der Waals surface area (Å²) in [5.41, 5.74) is 4.48. The van der Waals surface area contributed by atoms with E-state index in [2.05, 4.69) is 15.9 Å². The first-order valence-electron chi connectivity index (χ1n) is 13.8. The summed E-state index contributed by atoms with van der Waals surface area (Å²) in [6.07, 6.45) is 14.0. The van der Waals surface area contributed by atoms with Crippen molar-refractivity contribution in [1.82, 2.24) is 9.80 Å². The average molecular weight is 495 g/mol. The number of fused-ring (bicyclic) bond motifs is 9. The second-order valence-electron chi connectivity index (χ2n) is 11.6. The largest absolute Gasteiger partial charge is 0.506 e. The number of likely N-dealkylation sites (tertiary alicyclic amines) is 1. The van der Waals surface area contributed by atoms with Gasteiger partial charge < -0.3 is 9.52 Å². The molecule has 0 radical (unpaired) electrons. The maximum absolute atomic E-state index is 12.9. The highest BCUT2D eigenvalue weighted by Gasteiger charge is 2.46. The van der Waals surface area contributed by atoms with Gasteiger partial charge in [-0.2, -0.15) is 0 Å². The fraction of sp³-hybridized carbons (Fsp3) is 0.621. The number of phenols is 1. The van der Waals surface area contributed by atoms with Gasteiger partial charge in [0.05, 0.1) is 10.6 Å². The van der Waals surface area contributed by atoms with Crippen molar-refractivity contribution in [2.75, 3.05) is 19.6 Å². The fourth-order valence-corrected chi connectivity index (χ4v) is 8.43. The molecule has 186 valence electrons. The minimum atomic E-state index is -0.238. The third kappa shape index (κ3) is 3.60. The molecular weight excluding hydrogens is 460 g/mol. The summed E-state index contributed by atoms with van der Waals surface area (Å²) in [6.45, 7) is 3.99. The van der Waals surface area contributed by atoms with Gasteiger partial charge in [0.15, 0.2) is 0 Å². The molecule has 0 amide bonds. The van der Waals surface area contributed by atoms with Gasteiger partial charge in [0.1, 0.15) is 11.3 Å². The van der Waals surface area contributed by atoms with Crippen molar-refractivity contribution in [3.63, 3.8) is 0 Å². The van der Waals surface area contributed by atoms with Crippen LogP contribution < -0.4 is 5.63 Å². The number of hydrogen-bond donors (Lipinski definition) is 1. The van der Waals surface area contributed by atoms with E-state index in [1.165, 1.54) is 45.2 Å². The number of hydrogen-bond acceptors (Lipinski definition) is 5. The second kappa shape index (κ2) is 8.64. The molecule has 0 unspecified atom stereocenters. The second-order valence-corrected chi connectivity index (χ2v) is 12.0. The number of aromatic hydroxyl groups is 1. The zero-order valence-corrected chi connectivity index (χ0v) is 21.2. The van der Waals surface area contributed by atoms with E-state index in [1.54, 1.807) is 5.57 Å². The fourth-order valence-electron chi connectivity index (χ4n) is 8.21. The van der Waals surface area contributed by atoms with Crippen LogP contribution in [0.2, 0.25) is 5.02 Å². The Balaban J connectivity index is 1.29. The number of benzene rings is 1. The van der Waals surface area contributed by atoms with E-state index >= 15 is 0 Å². The Morgan fingerprint density at radius 1 is 1.06 bits per heavy atom. The molecule has 1 N–H and O–H groups in total. The number of piperidine rings is 3. The van der Waals surface area contributed by atoms with Crippen molar-refractivity contribution in [1.29, 1.82) is 0 Å². The van der Waals surface area contributed by atoms with Crippen LogP contribution in [-0.4, -0.2) is 46.6 Å². The van der Waals surface area contributed by atoms with Gasteiger partial charge in [0.25, 0.3) is 0 Å². The van der Waals surface area contributed by atoms with Crippen LogP contribution in [0.5, 0.6) is 5.75 Å². The predicted molar refractivity (Wildman–Crippen MR) is 138 cm³/mol. The monoisotopic (exact) mass is 494 g/mol. The van der Waals surface area contributed by atoms with Gasteiger partial charge in [0.2, 0.25) is 0 Å². The van der Waals surface area contributed by atoms with E-state index < -0.39 is 0 Å². The van der Waals surface area contributed by atoms with Gasteiger partial charge in [-0.3, -0.25) is 9.80 Å². The topological polar surface area (TPSA) is 56.9 Å². The first kappa shape index (κ1) is 22.4. The van der Waals surface area contributed by atoms with E-state index in [9.17, 15) is 9.90 Å². The van der Waals surface area contributed by atoms with Crippen LogP contribution in [0.3, 0.4) is 0 Å². The Morgan fingerprint density at radius 2 is 1.91 bits per heavy atom. The zero-order valence-electron chi connectivity index (χ0n) is 20.4. The molecule has 3 fully saturated rings. The Kier molecular flexibility index (Phi) is 5.52. The molecule has 2 bridgehead atoms. The Morgan fingerprint density at radius 3 is 2.80 bits per heavy atom. The maximum atomic E-state index is 12.9. The Bertz CT molecular complexity index is 1270. The normalized spacial score (nSPS) is 30.9. The van der Waals surface area contributed by atoms with E-state index in [-0.39, 0.29) is 11.4 Å². The van der Waals surface area contributed by atoms with Gasteiger partial charge in [-0.1, -0.05) is 29.7 Å². The van der Waals surface area contributed by atoms with Crippen molar-refractivity contribution < 1.29 is 9.52 Å². The molecule has 2 aliphatic carbocycles. The van der Waals surface area contributed by atoms with Crippen LogP contribution >= 0.6 is 11.6 Å². The van der Waals surface area contributed by atoms with Crippen LogP contribution in [0.1, 0.15) is 68.1 Å². The lowest BCUT2D eigenvalue weighted by molar-refractivity contribution is -0.00274. The molecule has 6 heteroatoms. The molecule has 4 heterocycles. The van der Waals surface area contributed by atoms with Gasteiger partial charge >= 0.3 is 5.63 Å². The summed E-state index contributed by atoms with van der Waals surface area (Å²) in [4.78, 5) is 18.2. The van der Waals surface area contributed by atoms with Gasteiger partial charge in [-0.25, -0.2) is 4.79 Å². The number of aryl methyl sites for hydroxylation is 1. The van der Waals surface area contributed by atoms with Crippen molar-refractivity contribution in [2.24, 2.45) is 11.8 Å². The smallest absolute Gasteiger partial charge is 0.339 e. The molecule has 2 aromatic rings. The first-order chi connectivity index (χ1) is 17.1.